The fraction of sp³-hybridized carbons (Fsp3) is 0.158. The van der Waals surface area contributed by atoms with E-state index < -0.39 is 20.5 Å². The van der Waals surface area contributed by atoms with Gasteiger partial charge in [-0.1, -0.05) is 12.1 Å². The summed E-state index contributed by atoms with van der Waals surface area (Å²) < 4.78 is 51.4. The van der Waals surface area contributed by atoms with Crippen molar-refractivity contribution in [3.05, 3.63) is 48.0 Å². The summed E-state index contributed by atoms with van der Waals surface area (Å²) in [7, 11) is -4.78. The molecular formula is C19H18N2O6S2. The zero-order valence-corrected chi connectivity index (χ0v) is 17.5. The monoisotopic (exact) mass is 434 g/mol. The molecule has 0 saturated carbocycles. The van der Waals surface area contributed by atoms with E-state index in [1.165, 1.54) is 37.4 Å². The lowest BCUT2D eigenvalue weighted by Crippen LogP contribution is -1.96. The maximum Gasteiger partial charge on any atom is 0.175 e. The van der Waals surface area contributed by atoms with Crippen molar-refractivity contribution in [1.82, 2.24) is 0 Å². The predicted molar refractivity (Wildman–Crippen MR) is 109 cm³/mol. The van der Waals surface area contributed by atoms with Crippen molar-refractivity contribution in [1.29, 1.82) is 0 Å². The van der Waals surface area contributed by atoms with Crippen molar-refractivity contribution in [2.75, 3.05) is 13.4 Å². The summed E-state index contributed by atoms with van der Waals surface area (Å²) in [5.41, 5.74) is 0.923. The zero-order valence-electron chi connectivity index (χ0n) is 15.8. The number of fused-ring (bicyclic) bond motifs is 1. The highest BCUT2D eigenvalue weighted by Crippen LogP contribution is 2.39. The fourth-order valence-corrected chi connectivity index (χ4v) is 4.05. The number of aromatic hydroxyl groups is 1. The van der Waals surface area contributed by atoms with Crippen molar-refractivity contribution in [3.63, 3.8) is 0 Å². The molecule has 0 aromatic heterocycles. The Labute approximate surface area is 169 Å². The number of aryl methyl sites for hydroxylation is 1. The fourth-order valence-electron chi connectivity index (χ4n) is 2.82. The van der Waals surface area contributed by atoms with E-state index in [1.54, 1.807) is 19.1 Å². The van der Waals surface area contributed by atoms with Gasteiger partial charge in [-0.25, -0.2) is 16.8 Å². The molecule has 0 unspecified atom stereocenters. The molecule has 0 saturated heterocycles. The molecule has 3 aromatic carbocycles. The normalized spacial score (nSPS) is 12.1. The number of azo groups is 1. The van der Waals surface area contributed by atoms with Gasteiger partial charge in [0, 0.05) is 17.7 Å². The molecule has 29 heavy (non-hydrogen) atoms. The number of sulfone groups is 1. The van der Waals surface area contributed by atoms with Gasteiger partial charge in [0.15, 0.2) is 20.5 Å². The average Bonchev–Trinajstić information content (AvgIpc) is 2.65. The van der Waals surface area contributed by atoms with Crippen molar-refractivity contribution in [3.8, 4) is 11.5 Å². The Morgan fingerprint density at radius 3 is 2.38 bits per heavy atom. The molecule has 0 aliphatic heterocycles. The maximum atomic E-state index is 11.8. The van der Waals surface area contributed by atoms with Crippen LogP contribution in [0.25, 0.3) is 10.8 Å². The van der Waals surface area contributed by atoms with Crippen molar-refractivity contribution < 1.29 is 26.7 Å². The van der Waals surface area contributed by atoms with E-state index in [-0.39, 0.29) is 32.7 Å². The molecule has 0 bridgehead atoms. The van der Waals surface area contributed by atoms with Gasteiger partial charge in [-0.05, 0) is 42.1 Å². The summed E-state index contributed by atoms with van der Waals surface area (Å²) in [5.74, 6) is 0.0796. The Morgan fingerprint density at radius 2 is 1.76 bits per heavy atom. The highest BCUT2D eigenvalue weighted by Gasteiger charge is 2.13. The van der Waals surface area contributed by atoms with Crippen LogP contribution in [0.4, 0.5) is 11.4 Å². The number of nitrogens with zero attached hydrogens (tertiary/aromatic N) is 2. The minimum atomic E-state index is -3.38. The molecule has 0 amide bonds. The van der Waals surface area contributed by atoms with E-state index in [2.05, 4.69) is 10.2 Å². The molecule has 3 rings (SSSR count). The number of hydrogen-bond acceptors (Lipinski definition) is 8. The number of benzene rings is 3. The second-order valence-electron chi connectivity index (χ2n) is 6.36. The van der Waals surface area contributed by atoms with Gasteiger partial charge < -0.3 is 9.84 Å². The maximum absolute atomic E-state index is 11.8. The van der Waals surface area contributed by atoms with Gasteiger partial charge in [-0.3, -0.25) is 0 Å². The number of hydrogen-bond donors (Lipinski definition) is 2. The van der Waals surface area contributed by atoms with Gasteiger partial charge in [-0.15, -0.1) is 10.2 Å². The SMILES string of the molecule is COc1cc([SH](=O)=O)c(C)cc1N=Nc1c(O)ccc2cc(S(C)(=O)=O)ccc12. The van der Waals surface area contributed by atoms with Crippen LogP contribution in [0.1, 0.15) is 5.56 Å². The van der Waals surface area contributed by atoms with Crippen LogP contribution in [0.3, 0.4) is 0 Å². The van der Waals surface area contributed by atoms with Crippen LogP contribution in [-0.4, -0.2) is 35.3 Å². The molecule has 0 fully saturated rings. The van der Waals surface area contributed by atoms with E-state index >= 15 is 0 Å². The smallest absolute Gasteiger partial charge is 0.175 e. The Morgan fingerprint density at radius 1 is 1.03 bits per heavy atom. The lowest BCUT2D eigenvalue weighted by atomic mass is 10.1. The third-order valence-corrected chi connectivity index (χ3v) is 6.31. The van der Waals surface area contributed by atoms with Gasteiger partial charge in [0.1, 0.15) is 22.9 Å². The molecule has 3 aromatic rings. The minimum Gasteiger partial charge on any atom is -0.506 e. The van der Waals surface area contributed by atoms with Gasteiger partial charge in [-0.2, -0.15) is 0 Å². The van der Waals surface area contributed by atoms with E-state index in [0.29, 0.717) is 16.3 Å². The number of thiol groups is 1. The van der Waals surface area contributed by atoms with E-state index in [0.717, 1.165) is 6.26 Å². The van der Waals surface area contributed by atoms with Crippen molar-refractivity contribution in [2.45, 2.75) is 16.7 Å². The van der Waals surface area contributed by atoms with Crippen LogP contribution in [0.5, 0.6) is 11.5 Å². The molecule has 1 N–H and O–H groups in total. The summed E-state index contributed by atoms with van der Waals surface area (Å²) in [6.07, 6.45) is 1.11. The first-order valence-corrected chi connectivity index (χ1v) is 11.4. The largest absolute Gasteiger partial charge is 0.506 e. The van der Waals surface area contributed by atoms with Crippen LogP contribution in [0.15, 0.2) is 62.5 Å². The van der Waals surface area contributed by atoms with E-state index in [1.807, 2.05) is 0 Å². The molecule has 8 nitrogen and oxygen atoms in total. The summed E-state index contributed by atoms with van der Waals surface area (Å²) >= 11 is 0. The lowest BCUT2D eigenvalue weighted by molar-refractivity contribution is 0.414. The molecule has 0 heterocycles. The minimum absolute atomic E-state index is 0.122. The zero-order chi connectivity index (χ0) is 21.3. The summed E-state index contributed by atoms with van der Waals surface area (Å²) in [4.78, 5) is 0.273. The summed E-state index contributed by atoms with van der Waals surface area (Å²) in [5, 5.41) is 19.5. The molecule has 0 atom stereocenters. The Balaban J connectivity index is 2.14. The second-order valence-corrected chi connectivity index (χ2v) is 9.37. The quantitative estimate of drug-likeness (QED) is 0.467. The van der Waals surface area contributed by atoms with Gasteiger partial charge >= 0.3 is 0 Å². The molecular weight excluding hydrogens is 416 g/mol. The van der Waals surface area contributed by atoms with Crippen molar-refractivity contribution in [2.24, 2.45) is 10.2 Å². The van der Waals surface area contributed by atoms with Crippen LogP contribution in [0.2, 0.25) is 0 Å². The van der Waals surface area contributed by atoms with Crippen LogP contribution >= 0.6 is 0 Å². The lowest BCUT2D eigenvalue weighted by Gasteiger charge is -2.08. The number of ether oxygens (including phenoxy) is 1. The number of phenolic OH excluding ortho intramolecular Hbond substituents is 1. The van der Waals surface area contributed by atoms with Gasteiger partial charge in [0.25, 0.3) is 0 Å². The van der Waals surface area contributed by atoms with E-state index in [9.17, 15) is 21.9 Å². The molecule has 0 aliphatic carbocycles. The predicted octanol–water partition coefficient (Wildman–Crippen LogP) is 3.65. The molecule has 0 aliphatic rings. The standard InChI is InChI=1S/C19H18N2O6S2/c1-11-8-15(17(27-2)10-18(11)28(23)24)20-21-19-14-6-5-13(29(3,25)26)9-12(14)4-7-16(19)22/h4-10,22,28H,1-3H3. The Bertz CT molecular complexity index is 1320. The Kier molecular flexibility index (Phi) is 5.58. The van der Waals surface area contributed by atoms with E-state index in [4.69, 9.17) is 4.74 Å². The van der Waals surface area contributed by atoms with Crippen LogP contribution in [-0.2, 0) is 20.5 Å². The summed E-state index contributed by atoms with van der Waals surface area (Å²) in [6.45, 7) is 1.63. The molecule has 0 radical (unpaired) electrons. The molecule has 152 valence electrons. The number of phenols is 1. The topological polar surface area (TPSA) is 122 Å². The highest BCUT2D eigenvalue weighted by molar-refractivity contribution is 7.90. The first-order chi connectivity index (χ1) is 13.6. The number of methoxy groups -OCH3 is 1. The van der Waals surface area contributed by atoms with Crippen LogP contribution < -0.4 is 4.74 Å². The first kappa shape index (κ1) is 20.7. The molecule has 10 heteroatoms. The highest BCUT2D eigenvalue weighted by atomic mass is 32.2. The first-order valence-electron chi connectivity index (χ1n) is 8.32. The summed E-state index contributed by atoms with van der Waals surface area (Å²) in [6, 6.07) is 10.3. The van der Waals surface area contributed by atoms with Crippen LogP contribution in [0, 0.1) is 6.92 Å². The Hall–Kier alpha value is -2.98. The molecule has 0 spiro atoms. The second kappa shape index (κ2) is 7.80. The third-order valence-electron chi connectivity index (χ3n) is 4.32. The van der Waals surface area contributed by atoms with Crippen molar-refractivity contribution >= 4 is 42.7 Å². The van der Waals surface area contributed by atoms with Gasteiger partial charge in [0.2, 0.25) is 0 Å². The number of rotatable bonds is 5. The third kappa shape index (κ3) is 4.22. The van der Waals surface area contributed by atoms with Gasteiger partial charge in [0.05, 0.1) is 16.9 Å². The average molecular weight is 434 g/mol.